The smallest absolute Gasteiger partial charge is 0.132 e. The lowest BCUT2D eigenvalue weighted by atomic mass is 10.1. The van der Waals surface area contributed by atoms with E-state index in [9.17, 15) is 8.78 Å². The third-order valence-electron chi connectivity index (χ3n) is 5.07. The molecular weight excluding hydrogens is 322 g/mol. The van der Waals surface area contributed by atoms with Crippen molar-refractivity contribution in [3.05, 3.63) is 53.5 Å². The first-order chi connectivity index (χ1) is 12.1. The lowest BCUT2D eigenvalue weighted by Crippen LogP contribution is -2.51. The highest BCUT2D eigenvalue weighted by Gasteiger charge is 2.28. The summed E-state index contributed by atoms with van der Waals surface area (Å²) >= 11 is 0. The van der Waals surface area contributed by atoms with E-state index >= 15 is 0 Å². The van der Waals surface area contributed by atoms with Crippen molar-refractivity contribution in [3.63, 3.8) is 0 Å². The molecule has 132 valence electrons. The van der Waals surface area contributed by atoms with Crippen LogP contribution in [0.3, 0.4) is 0 Å². The molecule has 4 rings (SSSR count). The number of rotatable bonds is 4. The van der Waals surface area contributed by atoms with Crippen LogP contribution in [-0.4, -0.2) is 40.5 Å². The topological polar surface area (TPSA) is 32.3 Å². The molecule has 2 fully saturated rings. The molecule has 0 spiro atoms. The zero-order valence-electron chi connectivity index (χ0n) is 14.3. The number of aromatic nitrogens is 2. The molecule has 1 aliphatic carbocycles. The molecule has 25 heavy (non-hydrogen) atoms. The highest BCUT2D eigenvalue weighted by atomic mass is 19.1. The second-order valence-corrected chi connectivity index (χ2v) is 7.12. The van der Waals surface area contributed by atoms with Gasteiger partial charge in [0.1, 0.15) is 23.8 Å². The van der Waals surface area contributed by atoms with Gasteiger partial charge in [-0.25, -0.2) is 18.7 Å². The summed E-state index contributed by atoms with van der Waals surface area (Å²) in [4.78, 5) is 13.4. The molecule has 4 nitrogen and oxygen atoms in total. The Hall–Kier alpha value is -2.08. The largest absolute Gasteiger partial charge is 0.354 e. The normalized spacial score (nSPS) is 21.6. The summed E-state index contributed by atoms with van der Waals surface area (Å²) in [7, 11) is 0. The zero-order valence-corrected chi connectivity index (χ0v) is 14.3. The summed E-state index contributed by atoms with van der Waals surface area (Å²) < 4.78 is 26.8. The molecule has 0 bridgehead atoms. The lowest BCUT2D eigenvalue weighted by molar-refractivity contribution is 0.180. The molecule has 1 aromatic heterocycles. The summed E-state index contributed by atoms with van der Waals surface area (Å²) in [5, 5.41) is 0. The van der Waals surface area contributed by atoms with Gasteiger partial charge in [0, 0.05) is 56.0 Å². The van der Waals surface area contributed by atoms with Gasteiger partial charge in [-0.05, 0) is 37.5 Å². The van der Waals surface area contributed by atoms with Crippen LogP contribution in [-0.2, 0) is 6.54 Å². The number of nitrogens with zero attached hydrogens (tertiary/aromatic N) is 4. The molecule has 1 aromatic carbocycles. The fourth-order valence-corrected chi connectivity index (χ4v) is 3.51. The summed E-state index contributed by atoms with van der Waals surface area (Å²) in [5.41, 5.74) is 1.83. The average Bonchev–Trinajstić information content (AvgIpc) is 3.41. The van der Waals surface area contributed by atoms with Crippen molar-refractivity contribution in [3.8, 4) is 0 Å². The van der Waals surface area contributed by atoms with Gasteiger partial charge in [-0.15, -0.1) is 0 Å². The van der Waals surface area contributed by atoms with Crippen molar-refractivity contribution in [2.45, 2.75) is 38.3 Å². The number of benzene rings is 1. The van der Waals surface area contributed by atoms with E-state index in [1.54, 1.807) is 6.33 Å². The maximum Gasteiger partial charge on any atom is 0.132 e. The van der Waals surface area contributed by atoms with Gasteiger partial charge in [0.05, 0.1) is 0 Å². The Morgan fingerprint density at radius 1 is 1.04 bits per heavy atom. The molecule has 1 saturated heterocycles. The standard InChI is InChI=1S/C19H22F2N4/c1-13-10-25(19-9-18(15-2-3-15)22-12-23-19)5-4-24(13)11-14-6-16(20)8-17(21)7-14/h6-9,12-13,15H,2-5,10-11H2,1H3. The third-order valence-corrected chi connectivity index (χ3v) is 5.07. The second kappa shape index (κ2) is 6.67. The Labute approximate surface area is 146 Å². The molecular formula is C19H22F2N4. The van der Waals surface area contributed by atoms with Crippen molar-refractivity contribution in [2.75, 3.05) is 24.5 Å². The molecule has 1 atom stereocenters. The van der Waals surface area contributed by atoms with E-state index in [1.807, 2.05) is 0 Å². The Kier molecular flexibility index (Phi) is 4.37. The van der Waals surface area contributed by atoms with E-state index < -0.39 is 11.6 Å². The Morgan fingerprint density at radius 3 is 2.48 bits per heavy atom. The minimum atomic E-state index is -0.519. The van der Waals surface area contributed by atoms with Crippen LogP contribution in [0.2, 0.25) is 0 Å². The first-order valence-corrected chi connectivity index (χ1v) is 8.84. The van der Waals surface area contributed by atoms with E-state index in [0.29, 0.717) is 18.0 Å². The number of hydrogen-bond acceptors (Lipinski definition) is 4. The van der Waals surface area contributed by atoms with Crippen LogP contribution in [0.1, 0.15) is 36.9 Å². The summed E-state index contributed by atoms with van der Waals surface area (Å²) in [6.45, 7) is 5.23. The van der Waals surface area contributed by atoms with Crippen LogP contribution < -0.4 is 4.90 Å². The Bertz CT molecular complexity index is 743. The van der Waals surface area contributed by atoms with Crippen molar-refractivity contribution in [2.24, 2.45) is 0 Å². The van der Waals surface area contributed by atoms with E-state index in [-0.39, 0.29) is 6.04 Å². The van der Waals surface area contributed by atoms with Crippen LogP contribution >= 0.6 is 0 Å². The number of anilines is 1. The monoisotopic (exact) mass is 344 g/mol. The van der Waals surface area contributed by atoms with Crippen molar-refractivity contribution in [1.82, 2.24) is 14.9 Å². The summed E-state index contributed by atoms with van der Waals surface area (Å²) in [5.74, 6) is 0.563. The maximum atomic E-state index is 13.4. The van der Waals surface area contributed by atoms with Gasteiger partial charge in [-0.1, -0.05) is 0 Å². The lowest BCUT2D eigenvalue weighted by Gasteiger charge is -2.40. The fraction of sp³-hybridized carbons (Fsp3) is 0.474. The van der Waals surface area contributed by atoms with E-state index in [1.165, 1.54) is 25.0 Å². The number of piperazine rings is 1. The van der Waals surface area contributed by atoms with E-state index in [0.717, 1.165) is 37.2 Å². The van der Waals surface area contributed by atoms with Crippen molar-refractivity contribution >= 4 is 5.82 Å². The number of halogens is 2. The molecule has 0 N–H and O–H groups in total. The van der Waals surface area contributed by atoms with Crippen molar-refractivity contribution < 1.29 is 8.78 Å². The molecule has 2 aliphatic rings. The van der Waals surface area contributed by atoms with Gasteiger partial charge >= 0.3 is 0 Å². The first-order valence-electron chi connectivity index (χ1n) is 8.84. The molecule has 2 aromatic rings. The molecule has 1 unspecified atom stereocenters. The first kappa shape index (κ1) is 16.4. The van der Waals surface area contributed by atoms with E-state index in [4.69, 9.17) is 0 Å². The van der Waals surface area contributed by atoms with Gasteiger partial charge in [-0.2, -0.15) is 0 Å². The third kappa shape index (κ3) is 3.79. The average molecular weight is 344 g/mol. The minimum absolute atomic E-state index is 0.277. The molecule has 1 aliphatic heterocycles. The predicted octanol–water partition coefficient (Wildman–Crippen LogP) is 3.34. The second-order valence-electron chi connectivity index (χ2n) is 7.12. The SMILES string of the molecule is CC1CN(c2cc(C3CC3)ncn2)CCN1Cc1cc(F)cc(F)c1. The Balaban J connectivity index is 1.42. The van der Waals surface area contributed by atoms with E-state index in [2.05, 4.69) is 32.8 Å². The highest BCUT2D eigenvalue weighted by molar-refractivity contribution is 5.41. The van der Waals surface area contributed by atoms with Gasteiger partial charge in [0.15, 0.2) is 0 Å². The zero-order chi connectivity index (χ0) is 17.4. The molecule has 6 heteroatoms. The quantitative estimate of drug-likeness (QED) is 0.851. The number of hydrogen-bond donors (Lipinski definition) is 0. The predicted molar refractivity (Wildman–Crippen MR) is 92.5 cm³/mol. The maximum absolute atomic E-state index is 13.4. The minimum Gasteiger partial charge on any atom is -0.354 e. The molecule has 2 heterocycles. The van der Waals surface area contributed by atoms with Gasteiger partial charge in [-0.3, -0.25) is 4.90 Å². The Morgan fingerprint density at radius 2 is 1.80 bits per heavy atom. The fourth-order valence-electron chi connectivity index (χ4n) is 3.51. The van der Waals surface area contributed by atoms with Gasteiger partial charge in [0.25, 0.3) is 0 Å². The van der Waals surface area contributed by atoms with Crippen molar-refractivity contribution in [1.29, 1.82) is 0 Å². The van der Waals surface area contributed by atoms with Crippen LogP contribution in [0.5, 0.6) is 0 Å². The van der Waals surface area contributed by atoms with Gasteiger partial charge in [0.2, 0.25) is 0 Å². The van der Waals surface area contributed by atoms with Gasteiger partial charge < -0.3 is 4.90 Å². The van der Waals surface area contributed by atoms with Crippen LogP contribution in [0, 0.1) is 11.6 Å². The van der Waals surface area contributed by atoms with Crippen LogP contribution in [0.4, 0.5) is 14.6 Å². The summed E-state index contributed by atoms with van der Waals surface area (Å²) in [6, 6.07) is 6.13. The van der Waals surface area contributed by atoms with Crippen LogP contribution in [0.25, 0.3) is 0 Å². The highest BCUT2D eigenvalue weighted by Crippen LogP contribution is 2.39. The molecule has 1 saturated carbocycles. The molecule has 0 amide bonds. The molecule has 0 radical (unpaired) electrons. The van der Waals surface area contributed by atoms with Crippen LogP contribution in [0.15, 0.2) is 30.6 Å². The summed E-state index contributed by atoms with van der Waals surface area (Å²) in [6.07, 6.45) is 4.12.